The summed E-state index contributed by atoms with van der Waals surface area (Å²) in [6.45, 7) is 0.648. The van der Waals surface area contributed by atoms with Gasteiger partial charge in [0.05, 0.1) is 23.7 Å². The second-order valence-corrected chi connectivity index (χ2v) is 7.53. The number of nitrogen functional groups attached to an aromatic ring is 1. The Morgan fingerprint density at radius 2 is 2.19 bits per heavy atom. The Kier molecular flexibility index (Phi) is 3.92. The number of aromatic nitrogens is 5. The Morgan fingerprint density at radius 1 is 1.26 bits per heavy atom. The molecule has 1 unspecified atom stereocenters. The summed E-state index contributed by atoms with van der Waals surface area (Å²) in [6, 6.07) is 4.39. The van der Waals surface area contributed by atoms with E-state index in [4.69, 9.17) is 5.73 Å². The first-order chi connectivity index (χ1) is 13.2. The van der Waals surface area contributed by atoms with Crippen molar-refractivity contribution in [2.24, 2.45) is 0 Å². The number of hydrogen-bond donors (Lipinski definition) is 1. The number of nitrogens with zero attached hydrogens (tertiary/aromatic N) is 6. The van der Waals surface area contributed by atoms with Gasteiger partial charge in [-0.3, -0.25) is 4.98 Å². The average Bonchev–Trinajstić information content (AvgIpc) is 3.21. The van der Waals surface area contributed by atoms with Gasteiger partial charge in [0, 0.05) is 24.2 Å². The van der Waals surface area contributed by atoms with Crippen molar-refractivity contribution < 1.29 is 0 Å². The highest BCUT2D eigenvalue weighted by Gasteiger charge is 2.31. The van der Waals surface area contributed by atoms with Gasteiger partial charge < -0.3 is 10.6 Å². The zero-order valence-electron chi connectivity index (χ0n) is 14.3. The number of halogens is 1. The fourth-order valence-corrected chi connectivity index (χ4v) is 4.53. The van der Waals surface area contributed by atoms with Crippen LogP contribution in [-0.2, 0) is 6.54 Å². The summed E-state index contributed by atoms with van der Waals surface area (Å²) in [7, 11) is 0. The largest absolute Gasteiger partial charge is 0.383 e. The first-order valence-electron chi connectivity index (χ1n) is 8.60. The van der Waals surface area contributed by atoms with E-state index in [9.17, 15) is 0 Å². The fourth-order valence-electron chi connectivity index (χ4n) is 3.75. The van der Waals surface area contributed by atoms with Crippen LogP contribution in [0.15, 0.2) is 60.9 Å². The van der Waals surface area contributed by atoms with Crippen molar-refractivity contribution in [1.29, 1.82) is 0 Å². The topological polar surface area (TPSA) is 85.8 Å². The third kappa shape index (κ3) is 2.71. The highest BCUT2D eigenvalue weighted by atomic mass is 127. The van der Waals surface area contributed by atoms with Crippen molar-refractivity contribution in [3.05, 3.63) is 70.1 Å². The molecule has 0 spiro atoms. The number of fused-ring (bicyclic) bond motifs is 2. The summed E-state index contributed by atoms with van der Waals surface area (Å²) >= 11 is 2.19. The first kappa shape index (κ1) is 16.4. The second kappa shape index (κ2) is 6.45. The lowest BCUT2D eigenvalue weighted by molar-refractivity contribution is 0.470. The third-order valence-corrected chi connectivity index (χ3v) is 5.64. The summed E-state index contributed by atoms with van der Waals surface area (Å²) < 4.78 is 2.74. The zero-order chi connectivity index (χ0) is 18.4. The van der Waals surface area contributed by atoms with Crippen molar-refractivity contribution in [2.75, 3.05) is 5.73 Å². The molecular formula is C19H16IN7. The van der Waals surface area contributed by atoms with Gasteiger partial charge in [-0.15, -0.1) is 0 Å². The van der Waals surface area contributed by atoms with Crippen LogP contribution in [0.4, 0.5) is 5.82 Å². The fraction of sp³-hybridized carbons (Fsp3) is 0.158. The van der Waals surface area contributed by atoms with E-state index < -0.39 is 0 Å². The van der Waals surface area contributed by atoms with Crippen LogP contribution in [-0.4, -0.2) is 35.7 Å². The van der Waals surface area contributed by atoms with E-state index in [2.05, 4.69) is 78.0 Å². The van der Waals surface area contributed by atoms with E-state index in [1.165, 1.54) is 17.6 Å². The average molecular weight is 469 g/mol. The molecule has 7 nitrogen and oxygen atoms in total. The third-order valence-electron chi connectivity index (χ3n) is 4.89. The summed E-state index contributed by atoms with van der Waals surface area (Å²) in [5.74, 6) is 0.465. The quantitative estimate of drug-likeness (QED) is 0.594. The summed E-state index contributed by atoms with van der Waals surface area (Å²) in [5.41, 5.74) is 10.4. The van der Waals surface area contributed by atoms with Gasteiger partial charge in [-0.2, -0.15) is 5.10 Å². The van der Waals surface area contributed by atoms with Crippen molar-refractivity contribution in [1.82, 2.24) is 29.6 Å². The maximum Gasteiger partial charge on any atom is 0.164 e. The lowest BCUT2D eigenvalue weighted by atomic mass is 10.1. The predicted molar refractivity (Wildman–Crippen MR) is 112 cm³/mol. The molecule has 0 saturated heterocycles. The van der Waals surface area contributed by atoms with Crippen molar-refractivity contribution in [2.45, 2.75) is 19.0 Å². The SMILES string of the molecule is Nc1ncnc2c1c(I)nn2CC1=C(c2cccnc2)N2C=CC=CC2C1. The molecule has 0 aliphatic carbocycles. The molecule has 3 aromatic heterocycles. The van der Waals surface area contributed by atoms with Gasteiger partial charge in [-0.1, -0.05) is 12.2 Å². The predicted octanol–water partition coefficient (Wildman–Crippen LogP) is 2.98. The Morgan fingerprint density at radius 3 is 3.04 bits per heavy atom. The smallest absolute Gasteiger partial charge is 0.164 e. The van der Waals surface area contributed by atoms with Crippen LogP contribution < -0.4 is 5.73 Å². The van der Waals surface area contributed by atoms with Gasteiger partial charge in [-0.25, -0.2) is 14.6 Å². The molecular weight excluding hydrogens is 453 g/mol. The minimum Gasteiger partial charge on any atom is -0.383 e. The lowest BCUT2D eigenvalue weighted by Crippen LogP contribution is -2.23. The van der Waals surface area contributed by atoms with Crippen LogP contribution in [0.2, 0.25) is 0 Å². The molecule has 0 bridgehead atoms. The molecule has 0 aromatic carbocycles. The normalized spacial score (nSPS) is 18.6. The van der Waals surface area contributed by atoms with E-state index >= 15 is 0 Å². The summed E-state index contributed by atoms with van der Waals surface area (Å²) in [4.78, 5) is 15.1. The molecule has 0 saturated carbocycles. The number of pyridine rings is 1. The van der Waals surface area contributed by atoms with Gasteiger partial charge in [0.2, 0.25) is 0 Å². The molecule has 8 heteroatoms. The maximum absolute atomic E-state index is 6.04. The van der Waals surface area contributed by atoms with E-state index in [1.54, 1.807) is 6.20 Å². The Balaban J connectivity index is 1.63. The van der Waals surface area contributed by atoms with Gasteiger partial charge in [0.25, 0.3) is 0 Å². The van der Waals surface area contributed by atoms with Gasteiger partial charge in [-0.05, 0) is 52.8 Å². The van der Waals surface area contributed by atoms with E-state index in [-0.39, 0.29) is 0 Å². The van der Waals surface area contributed by atoms with Crippen LogP contribution >= 0.6 is 22.6 Å². The Labute approximate surface area is 169 Å². The highest BCUT2D eigenvalue weighted by molar-refractivity contribution is 14.1. The molecule has 0 radical (unpaired) electrons. The molecule has 0 fully saturated rings. The zero-order valence-corrected chi connectivity index (χ0v) is 16.5. The molecule has 1 atom stereocenters. The molecule has 3 aromatic rings. The number of anilines is 1. The van der Waals surface area contributed by atoms with Crippen molar-refractivity contribution in [3.63, 3.8) is 0 Å². The number of rotatable bonds is 3. The molecule has 134 valence electrons. The number of allylic oxidation sites excluding steroid dienone is 2. The minimum absolute atomic E-state index is 0.320. The number of hydrogen-bond acceptors (Lipinski definition) is 6. The molecule has 2 aliphatic heterocycles. The van der Waals surface area contributed by atoms with Crippen LogP contribution in [0.25, 0.3) is 16.7 Å². The molecule has 2 aliphatic rings. The molecule has 0 amide bonds. The van der Waals surface area contributed by atoms with Gasteiger partial charge >= 0.3 is 0 Å². The summed E-state index contributed by atoms with van der Waals surface area (Å²) in [5, 5.41) is 5.49. The van der Waals surface area contributed by atoms with Crippen molar-refractivity contribution in [3.8, 4) is 0 Å². The van der Waals surface area contributed by atoms with E-state index in [0.717, 1.165) is 26.7 Å². The van der Waals surface area contributed by atoms with Crippen LogP contribution in [0.3, 0.4) is 0 Å². The minimum atomic E-state index is 0.320. The van der Waals surface area contributed by atoms with Crippen molar-refractivity contribution >= 4 is 45.1 Å². The Hall–Kier alpha value is -2.75. The Bertz CT molecular complexity index is 1110. The monoisotopic (exact) mass is 469 g/mol. The summed E-state index contributed by atoms with van der Waals surface area (Å²) in [6.07, 6.45) is 14.7. The van der Waals surface area contributed by atoms with E-state index in [0.29, 0.717) is 18.4 Å². The molecule has 5 heterocycles. The van der Waals surface area contributed by atoms with Gasteiger partial charge in [0.1, 0.15) is 15.8 Å². The number of nitrogens with two attached hydrogens (primary N) is 1. The standard InChI is InChI=1S/C19H16IN7/c20-17-15-18(21)23-11-24-19(15)27(25-17)10-13-8-14-5-1-2-7-26(14)16(13)12-4-3-6-22-9-12/h1-7,9,11,14H,8,10H2,(H2,21,23,24). The van der Waals surface area contributed by atoms with Crippen LogP contribution in [0.1, 0.15) is 12.0 Å². The maximum atomic E-state index is 6.04. The lowest BCUT2D eigenvalue weighted by Gasteiger charge is -2.26. The van der Waals surface area contributed by atoms with Crippen LogP contribution in [0.5, 0.6) is 0 Å². The van der Waals surface area contributed by atoms with Crippen LogP contribution in [0, 0.1) is 3.70 Å². The highest BCUT2D eigenvalue weighted by Crippen LogP contribution is 2.38. The second-order valence-electron chi connectivity index (χ2n) is 6.50. The molecule has 27 heavy (non-hydrogen) atoms. The first-order valence-corrected chi connectivity index (χ1v) is 9.68. The molecule has 5 rings (SSSR count). The van der Waals surface area contributed by atoms with E-state index in [1.807, 2.05) is 16.9 Å². The van der Waals surface area contributed by atoms with Gasteiger partial charge in [0.15, 0.2) is 5.65 Å². The molecule has 2 N–H and O–H groups in total.